The van der Waals surface area contributed by atoms with Crippen molar-refractivity contribution < 1.29 is 24.2 Å². The van der Waals surface area contributed by atoms with Crippen LogP contribution in [0.15, 0.2) is 30.3 Å². The molecule has 0 aliphatic carbocycles. The number of amides is 2. The molecule has 0 bridgehead atoms. The van der Waals surface area contributed by atoms with Gasteiger partial charge in [0.15, 0.2) is 0 Å². The minimum Gasteiger partial charge on any atom is -0.480 e. The van der Waals surface area contributed by atoms with Crippen LogP contribution in [0.1, 0.15) is 25.8 Å². The van der Waals surface area contributed by atoms with Gasteiger partial charge in [0.1, 0.15) is 18.7 Å². The maximum atomic E-state index is 12.7. The van der Waals surface area contributed by atoms with Crippen LogP contribution in [-0.2, 0) is 20.7 Å². The van der Waals surface area contributed by atoms with E-state index in [1.807, 2.05) is 50.4 Å². The van der Waals surface area contributed by atoms with Crippen molar-refractivity contribution in [1.29, 1.82) is 0 Å². The lowest BCUT2D eigenvalue weighted by atomic mass is 10.0. The summed E-state index contributed by atoms with van der Waals surface area (Å²) in [6.07, 6.45) is 1.74. The van der Waals surface area contributed by atoms with Gasteiger partial charge < -0.3 is 20.5 Å². The van der Waals surface area contributed by atoms with Crippen molar-refractivity contribution in [3.05, 3.63) is 35.9 Å². The molecule has 0 spiro atoms. The fourth-order valence-corrected chi connectivity index (χ4v) is 2.68. The molecule has 8 heteroatoms. The summed E-state index contributed by atoms with van der Waals surface area (Å²) in [5.41, 5.74) is 0.845. The maximum Gasteiger partial charge on any atom is 0.407 e. The van der Waals surface area contributed by atoms with E-state index in [1.54, 1.807) is 0 Å². The predicted molar refractivity (Wildman–Crippen MR) is 106 cm³/mol. The van der Waals surface area contributed by atoms with Crippen molar-refractivity contribution in [2.75, 3.05) is 18.6 Å². The van der Waals surface area contributed by atoms with E-state index < -0.39 is 30.1 Å². The molecular weight excluding hydrogens is 368 g/mol. The van der Waals surface area contributed by atoms with Crippen LogP contribution in [0.25, 0.3) is 0 Å². The highest BCUT2D eigenvalue weighted by atomic mass is 32.2. The summed E-state index contributed by atoms with van der Waals surface area (Å²) in [6.45, 7) is 3.99. The molecule has 1 aromatic carbocycles. The third kappa shape index (κ3) is 9.33. The summed E-state index contributed by atoms with van der Waals surface area (Å²) in [5.74, 6) is -0.895. The number of hydrogen-bond donors (Lipinski definition) is 3. The standard InChI is InChI=1S/C19H28N2O5S/c1-13(2)11-16(18(23)24)20-17(22)15(12-14-7-5-4-6-8-14)21-19(25)26-9-10-27-3/h4-8,13,15-16H,9-12H2,1-3H3,(H,20,22)(H,21,25)(H,23,24)/t15-,16-/m0/s1. The Hall–Kier alpha value is -2.22. The van der Waals surface area contributed by atoms with Gasteiger partial charge in [-0.3, -0.25) is 4.79 Å². The fourth-order valence-electron chi connectivity index (χ4n) is 2.43. The van der Waals surface area contributed by atoms with E-state index in [4.69, 9.17) is 4.74 Å². The summed E-state index contributed by atoms with van der Waals surface area (Å²) >= 11 is 1.54. The van der Waals surface area contributed by atoms with Crippen molar-refractivity contribution in [3.8, 4) is 0 Å². The van der Waals surface area contributed by atoms with Gasteiger partial charge in [-0.1, -0.05) is 44.2 Å². The summed E-state index contributed by atoms with van der Waals surface area (Å²) in [5, 5.41) is 14.4. The molecule has 0 fully saturated rings. The molecule has 27 heavy (non-hydrogen) atoms. The highest BCUT2D eigenvalue weighted by molar-refractivity contribution is 7.98. The number of alkyl carbamates (subject to hydrolysis) is 1. The number of hydrogen-bond acceptors (Lipinski definition) is 5. The lowest BCUT2D eigenvalue weighted by molar-refractivity contribution is -0.142. The first-order chi connectivity index (χ1) is 12.8. The number of nitrogens with one attached hydrogen (secondary N) is 2. The molecule has 3 N–H and O–H groups in total. The zero-order chi connectivity index (χ0) is 20.2. The third-order valence-electron chi connectivity index (χ3n) is 3.73. The average Bonchev–Trinajstić information content (AvgIpc) is 2.61. The molecule has 0 saturated carbocycles. The molecule has 0 unspecified atom stereocenters. The van der Waals surface area contributed by atoms with Gasteiger partial charge in [-0.15, -0.1) is 0 Å². The number of ether oxygens (including phenoxy) is 1. The monoisotopic (exact) mass is 396 g/mol. The zero-order valence-electron chi connectivity index (χ0n) is 15.9. The van der Waals surface area contributed by atoms with Gasteiger partial charge in [0.2, 0.25) is 5.91 Å². The number of carboxylic acid groups (broad SMARTS) is 1. The Morgan fingerprint density at radius 2 is 1.78 bits per heavy atom. The van der Waals surface area contributed by atoms with Crippen LogP contribution >= 0.6 is 11.8 Å². The molecule has 2 amide bonds. The van der Waals surface area contributed by atoms with E-state index in [9.17, 15) is 19.5 Å². The Kier molecular flexibility index (Phi) is 10.3. The number of thioether (sulfide) groups is 1. The number of carboxylic acids is 1. The molecule has 0 aromatic heterocycles. The van der Waals surface area contributed by atoms with Crippen LogP contribution in [0.2, 0.25) is 0 Å². The lowest BCUT2D eigenvalue weighted by Gasteiger charge is -2.22. The van der Waals surface area contributed by atoms with Crippen LogP contribution in [0.4, 0.5) is 4.79 Å². The molecule has 0 aliphatic heterocycles. The molecule has 7 nitrogen and oxygen atoms in total. The Morgan fingerprint density at radius 1 is 1.11 bits per heavy atom. The Bertz CT molecular complexity index is 609. The molecular formula is C19H28N2O5S. The number of aliphatic carboxylic acids is 1. The van der Waals surface area contributed by atoms with Gasteiger partial charge in [-0.2, -0.15) is 11.8 Å². The minimum atomic E-state index is -1.10. The normalized spacial score (nSPS) is 12.9. The van der Waals surface area contributed by atoms with Crippen LogP contribution in [-0.4, -0.2) is 53.8 Å². The predicted octanol–water partition coefficient (Wildman–Crippen LogP) is 2.30. The van der Waals surface area contributed by atoms with Crippen LogP contribution < -0.4 is 10.6 Å². The van der Waals surface area contributed by atoms with Crippen molar-refractivity contribution >= 4 is 29.7 Å². The first kappa shape index (κ1) is 22.8. The van der Waals surface area contributed by atoms with Gasteiger partial charge in [-0.25, -0.2) is 9.59 Å². The molecule has 2 atom stereocenters. The number of benzene rings is 1. The Balaban J connectivity index is 2.82. The molecule has 1 rings (SSSR count). The second kappa shape index (κ2) is 12.2. The van der Waals surface area contributed by atoms with Crippen molar-refractivity contribution in [2.24, 2.45) is 5.92 Å². The van der Waals surface area contributed by atoms with Crippen LogP contribution in [0, 0.1) is 5.92 Å². The number of carbonyl (C=O) groups excluding carboxylic acids is 2. The van der Waals surface area contributed by atoms with Gasteiger partial charge in [-0.05, 0) is 24.2 Å². The molecule has 0 saturated heterocycles. The van der Waals surface area contributed by atoms with E-state index >= 15 is 0 Å². The van der Waals surface area contributed by atoms with Crippen molar-refractivity contribution in [2.45, 2.75) is 38.8 Å². The maximum absolute atomic E-state index is 12.7. The minimum absolute atomic E-state index is 0.100. The number of rotatable bonds is 11. The quantitative estimate of drug-likeness (QED) is 0.496. The summed E-state index contributed by atoms with van der Waals surface area (Å²) in [7, 11) is 0. The SMILES string of the molecule is CSCCOC(=O)N[C@@H](Cc1ccccc1)C(=O)N[C@@H](CC(C)C)C(=O)O. The highest BCUT2D eigenvalue weighted by Gasteiger charge is 2.27. The molecule has 0 radical (unpaired) electrons. The topological polar surface area (TPSA) is 105 Å². The lowest BCUT2D eigenvalue weighted by Crippen LogP contribution is -2.52. The second-order valence-corrected chi connectivity index (χ2v) is 7.53. The number of carbonyl (C=O) groups is 3. The van der Waals surface area contributed by atoms with Crippen molar-refractivity contribution in [1.82, 2.24) is 10.6 Å². The summed E-state index contributed by atoms with van der Waals surface area (Å²) in [6, 6.07) is 7.26. The van der Waals surface area contributed by atoms with Gasteiger partial charge in [0.05, 0.1) is 0 Å². The van der Waals surface area contributed by atoms with Gasteiger partial charge in [0.25, 0.3) is 0 Å². The van der Waals surface area contributed by atoms with E-state index in [2.05, 4.69) is 10.6 Å². The average molecular weight is 397 g/mol. The summed E-state index contributed by atoms with van der Waals surface area (Å²) in [4.78, 5) is 36.1. The van der Waals surface area contributed by atoms with Crippen LogP contribution in [0.5, 0.6) is 0 Å². The largest absolute Gasteiger partial charge is 0.480 e. The third-order valence-corrected chi connectivity index (χ3v) is 4.31. The van der Waals surface area contributed by atoms with E-state index in [-0.39, 0.29) is 18.9 Å². The second-order valence-electron chi connectivity index (χ2n) is 6.54. The molecule has 1 aromatic rings. The fraction of sp³-hybridized carbons (Fsp3) is 0.526. The van der Waals surface area contributed by atoms with Gasteiger partial charge >= 0.3 is 12.1 Å². The summed E-state index contributed by atoms with van der Waals surface area (Å²) < 4.78 is 5.05. The first-order valence-corrected chi connectivity index (χ1v) is 10.2. The van der Waals surface area contributed by atoms with E-state index in [1.165, 1.54) is 11.8 Å². The molecule has 0 heterocycles. The molecule has 150 valence electrons. The zero-order valence-corrected chi connectivity index (χ0v) is 16.8. The van der Waals surface area contributed by atoms with Gasteiger partial charge in [0, 0.05) is 12.2 Å². The smallest absolute Gasteiger partial charge is 0.407 e. The Morgan fingerprint density at radius 3 is 2.33 bits per heavy atom. The van der Waals surface area contributed by atoms with E-state index in [0.717, 1.165) is 5.56 Å². The van der Waals surface area contributed by atoms with Crippen LogP contribution in [0.3, 0.4) is 0 Å². The Labute approximate surface area is 164 Å². The van der Waals surface area contributed by atoms with Crippen molar-refractivity contribution in [3.63, 3.8) is 0 Å². The highest BCUT2D eigenvalue weighted by Crippen LogP contribution is 2.08. The molecule has 0 aliphatic rings. The van der Waals surface area contributed by atoms with E-state index in [0.29, 0.717) is 12.2 Å². The first-order valence-electron chi connectivity index (χ1n) is 8.82.